The van der Waals surface area contributed by atoms with Gasteiger partial charge in [0, 0.05) is 23.1 Å². The zero-order valence-corrected chi connectivity index (χ0v) is 17.4. The second-order valence-corrected chi connectivity index (χ2v) is 7.99. The van der Waals surface area contributed by atoms with E-state index in [0.29, 0.717) is 29.1 Å². The highest BCUT2D eigenvalue weighted by atomic mass is 32.2. The van der Waals surface area contributed by atoms with Crippen molar-refractivity contribution >= 4 is 45.2 Å². The van der Waals surface area contributed by atoms with Crippen molar-refractivity contribution in [1.29, 1.82) is 0 Å². The van der Waals surface area contributed by atoms with E-state index in [1.165, 1.54) is 23.1 Å². The Kier molecular flexibility index (Phi) is 6.12. The van der Waals surface area contributed by atoms with Gasteiger partial charge in [0.2, 0.25) is 5.91 Å². The first-order valence-electron chi connectivity index (χ1n) is 9.18. The molecule has 4 aromatic rings. The van der Waals surface area contributed by atoms with Crippen molar-refractivity contribution in [3.63, 3.8) is 0 Å². The second-order valence-electron chi connectivity index (χ2n) is 6.09. The molecule has 0 aliphatic rings. The van der Waals surface area contributed by atoms with Gasteiger partial charge in [-0.1, -0.05) is 23.9 Å². The van der Waals surface area contributed by atoms with Gasteiger partial charge in [-0.25, -0.2) is 9.97 Å². The predicted molar refractivity (Wildman–Crippen MR) is 117 cm³/mol. The molecule has 6 nitrogen and oxygen atoms in total. The molecule has 0 fully saturated rings. The third kappa shape index (κ3) is 4.96. The normalized spacial score (nSPS) is 10.9. The third-order valence-electron chi connectivity index (χ3n) is 4.04. The number of rotatable bonds is 8. The standard InChI is InChI=1S/C21H19N3O3S2/c1-2-26-15-9-7-14(8-10-15)17-13-29-20(22-17)24-19(25)11-12-28-21-23-16-5-3-4-6-18(16)27-21/h3-10,13H,2,11-12H2,1H3,(H,22,24,25). The highest BCUT2D eigenvalue weighted by molar-refractivity contribution is 7.99. The Hall–Kier alpha value is -2.84. The zero-order chi connectivity index (χ0) is 20.1. The van der Waals surface area contributed by atoms with Gasteiger partial charge in [-0.15, -0.1) is 11.3 Å². The van der Waals surface area contributed by atoms with Gasteiger partial charge in [0.05, 0.1) is 12.3 Å². The highest BCUT2D eigenvalue weighted by Crippen LogP contribution is 2.27. The Morgan fingerprint density at radius 2 is 2.00 bits per heavy atom. The molecule has 8 heteroatoms. The second kappa shape index (κ2) is 9.11. The lowest BCUT2D eigenvalue weighted by Gasteiger charge is -2.03. The van der Waals surface area contributed by atoms with Crippen LogP contribution >= 0.6 is 23.1 Å². The molecule has 4 rings (SSSR count). The van der Waals surface area contributed by atoms with E-state index in [-0.39, 0.29) is 5.91 Å². The number of carbonyl (C=O) groups excluding carboxylic acids is 1. The number of aromatic nitrogens is 2. The molecular formula is C21H19N3O3S2. The van der Waals surface area contributed by atoms with Gasteiger partial charge in [-0.3, -0.25) is 4.79 Å². The summed E-state index contributed by atoms with van der Waals surface area (Å²) >= 11 is 2.83. The molecule has 0 bridgehead atoms. The molecule has 2 aromatic carbocycles. The summed E-state index contributed by atoms with van der Waals surface area (Å²) in [7, 11) is 0. The Morgan fingerprint density at radius 3 is 2.79 bits per heavy atom. The van der Waals surface area contributed by atoms with Crippen LogP contribution in [0.2, 0.25) is 0 Å². The molecule has 0 unspecified atom stereocenters. The molecule has 0 saturated heterocycles. The number of nitrogens with zero attached hydrogens (tertiary/aromatic N) is 2. The van der Waals surface area contributed by atoms with Crippen molar-refractivity contribution in [2.45, 2.75) is 18.6 Å². The molecule has 1 N–H and O–H groups in total. The number of carbonyl (C=O) groups is 1. The summed E-state index contributed by atoms with van der Waals surface area (Å²) in [5.74, 6) is 1.33. The number of thioether (sulfide) groups is 1. The maximum Gasteiger partial charge on any atom is 0.256 e. The van der Waals surface area contributed by atoms with E-state index >= 15 is 0 Å². The largest absolute Gasteiger partial charge is 0.494 e. The third-order valence-corrected chi connectivity index (χ3v) is 5.63. The van der Waals surface area contributed by atoms with E-state index in [1.54, 1.807) is 0 Å². The van der Waals surface area contributed by atoms with Crippen molar-refractivity contribution in [3.8, 4) is 17.0 Å². The van der Waals surface area contributed by atoms with Crippen molar-refractivity contribution < 1.29 is 13.9 Å². The summed E-state index contributed by atoms with van der Waals surface area (Å²) in [5.41, 5.74) is 3.39. The van der Waals surface area contributed by atoms with Crippen LogP contribution < -0.4 is 10.1 Å². The number of ether oxygens (including phenoxy) is 1. The van der Waals surface area contributed by atoms with Crippen molar-refractivity contribution in [3.05, 3.63) is 53.9 Å². The number of para-hydroxylation sites is 2. The van der Waals surface area contributed by atoms with Gasteiger partial charge in [-0.05, 0) is 43.3 Å². The Bertz CT molecular complexity index is 1070. The molecule has 0 atom stereocenters. The van der Waals surface area contributed by atoms with E-state index in [2.05, 4.69) is 15.3 Å². The quantitative estimate of drug-likeness (QED) is 0.377. The van der Waals surface area contributed by atoms with Gasteiger partial charge < -0.3 is 14.5 Å². The fourth-order valence-electron chi connectivity index (χ4n) is 2.68. The summed E-state index contributed by atoms with van der Waals surface area (Å²) < 4.78 is 11.1. The Morgan fingerprint density at radius 1 is 1.17 bits per heavy atom. The number of nitrogens with one attached hydrogen (secondary N) is 1. The topological polar surface area (TPSA) is 77.2 Å². The fourth-order valence-corrected chi connectivity index (χ4v) is 4.19. The van der Waals surface area contributed by atoms with Crippen molar-refractivity contribution in [2.75, 3.05) is 17.7 Å². The number of benzene rings is 2. The number of hydrogen-bond acceptors (Lipinski definition) is 7. The lowest BCUT2D eigenvalue weighted by molar-refractivity contribution is -0.115. The summed E-state index contributed by atoms with van der Waals surface area (Å²) in [6.45, 7) is 2.59. The zero-order valence-electron chi connectivity index (χ0n) is 15.8. The first-order chi connectivity index (χ1) is 14.2. The SMILES string of the molecule is CCOc1ccc(-c2csc(NC(=O)CCSc3nc4ccccc4o3)n2)cc1. The van der Waals surface area contributed by atoms with Crippen LogP contribution in [0.1, 0.15) is 13.3 Å². The minimum absolute atomic E-state index is 0.0822. The van der Waals surface area contributed by atoms with Gasteiger partial charge >= 0.3 is 0 Å². The number of thiazole rings is 1. The first kappa shape index (κ1) is 19.5. The molecule has 0 aliphatic heterocycles. The molecule has 2 aromatic heterocycles. The van der Waals surface area contributed by atoms with Crippen LogP contribution in [-0.2, 0) is 4.79 Å². The van der Waals surface area contributed by atoms with Crippen LogP contribution in [0.5, 0.6) is 5.75 Å². The molecular weight excluding hydrogens is 406 g/mol. The fraction of sp³-hybridized carbons (Fsp3) is 0.190. The molecule has 29 heavy (non-hydrogen) atoms. The first-order valence-corrected chi connectivity index (χ1v) is 11.0. The Labute approximate surface area is 176 Å². The molecule has 0 aliphatic carbocycles. The molecule has 0 saturated carbocycles. The minimum Gasteiger partial charge on any atom is -0.494 e. The van der Waals surface area contributed by atoms with Crippen LogP contribution in [-0.4, -0.2) is 28.2 Å². The van der Waals surface area contributed by atoms with Crippen LogP contribution in [0.4, 0.5) is 5.13 Å². The van der Waals surface area contributed by atoms with E-state index in [0.717, 1.165) is 28.1 Å². The van der Waals surface area contributed by atoms with E-state index in [9.17, 15) is 4.79 Å². The van der Waals surface area contributed by atoms with E-state index < -0.39 is 0 Å². The van der Waals surface area contributed by atoms with Gasteiger partial charge in [-0.2, -0.15) is 0 Å². The van der Waals surface area contributed by atoms with Gasteiger partial charge in [0.15, 0.2) is 10.7 Å². The molecule has 0 radical (unpaired) electrons. The lowest BCUT2D eigenvalue weighted by atomic mass is 10.2. The van der Waals surface area contributed by atoms with Crippen molar-refractivity contribution in [2.24, 2.45) is 0 Å². The van der Waals surface area contributed by atoms with Gasteiger partial charge in [0.25, 0.3) is 5.22 Å². The number of amides is 1. The van der Waals surface area contributed by atoms with E-state index in [1.807, 2.05) is 60.8 Å². The average Bonchev–Trinajstić information content (AvgIpc) is 3.35. The maximum absolute atomic E-state index is 12.2. The molecule has 148 valence electrons. The smallest absolute Gasteiger partial charge is 0.256 e. The van der Waals surface area contributed by atoms with Crippen LogP contribution in [0, 0.1) is 0 Å². The number of fused-ring (bicyclic) bond motifs is 1. The summed E-state index contributed by atoms with van der Waals surface area (Å²) in [5, 5.41) is 5.95. The molecule has 0 spiro atoms. The van der Waals surface area contributed by atoms with Crippen LogP contribution in [0.15, 0.2) is 63.6 Å². The minimum atomic E-state index is -0.0822. The number of hydrogen-bond donors (Lipinski definition) is 1. The Balaban J connectivity index is 1.28. The lowest BCUT2D eigenvalue weighted by Crippen LogP contribution is -2.11. The molecule has 2 heterocycles. The van der Waals surface area contributed by atoms with E-state index in [4.69, 9.17) is 9.15 Å². The van der Waals surface area contributed by atoms with Gasteiger partial charge in [0.1, 0.15) is 11.3 Å². The van der Waals surface area contributed by atoms with Crippen LogP contribution in [0.25, 0.3) is 22.4 Å². The summed E-state index contributed by atoms with van der Waals surface area (Å²) in [6.07, 6.45) is 0.349. The number of anilines is 1. The maximum atomic E-state index is 12.2. The monoisotopic (exact) mass is 425 g/mol. The average molecular weight is 426 g/mol. The molecule has 1 amide bonds. The summed E-state index contributed by atoms with van der Waals surface area (Å²) in [6, 6.07) is 15.4. The van der Waals surface area contributed by atoms with Crippen molar-refractivity contribution in [1.82, 2.24) is 9.97 Å². The highest BCUT2D eigenvalue weighted by Gasteiger charge is 2.10. The summed E-state index contributed by atoms with van der Waals surface area (Å²) in [4.78, 5) is 21.1. The predicted octanol–water partition coefficient (Wildman–Crippen LogP) is 5.47. The van der Waals surface area contributed by atoms with Crippen LogP contribution in [0.3, 0.4) is 0 Å². The number of oxazole rings is 1.